The van der Waals surface area contributed by atoms with Crippen molar-refractivity contribution in [3.05, 3.63) is 69.7 Å². The number of para-hydroxylation sites is 2. The molecule has 0 spiro atoms. The molecule has 0 radical (unpaired) electrons. The van der Waals surface area contributed by atoms with Gasteiger partial charge in [-0.05, 0) is 50.5 Å². The Morgan fingerprint density at radius 1 is 1.12 bits per heavy atom. The molecule has 1 aliphatic carbocycles. The minimum absolute atomic E-state index is 0.0648. The lowest BCUT2D eigenvalue weighted by molar-refractivity contribution is -0.137. The van der Waals surface area contributed by atoms with Crippen molar-refractivity contribution in [2.45, 2.75) is 64.8 Å². The normalized spacial score (nSPS) is 15.1. The zero-order valence-corrected chi connectivity index (χ0v) is 20.2. The van der Waals surface area contributed by atoms with Gasteiger partial charge in [-0.1, -0.05) is 68.5 Å². The SMILES string of the molecule is CCCCCN(C(=O)C1CCCC1)C(C)c1nc2ccccc2c(=O)n1-c1ccccc1Cl. The van der Waals surface area contributed by atoms with E-state index in [-0.39, 0.29) is 23.4 Å². The Bertz CT molecular complexity index is 1180. The van der Waals surface area contributed by atoms with Crippen LogP contribution in [0, 0.1) is 5.92 Å². The fourth-order valence-corrected chi connectivity index (χ4v) is 5.09. The second-order valence-corrected chi connectivity index (χ2v) is 9.38. The van der Waals surface area contributed by atoms with Crippen molar-refractivity contribution in [3.63, 3.8) is 0 Å². The summed E-state index contributed by atoms with van der Waals surface area (Å²) < 4.78 is 1.60. The fourth-order valence-electron chi connectivity index (χ4n) is 4.87. The van der Waals surface area contributed by atoms with Gasteiger partial charge in [-0.3, -0.25) is 14.2 Å². The van der Waals surface area contributed by atoms with E-state index >= 15 is 0 Å². The predicted octanol–water partition coefficient (Wildman–Crippen LogP) is 6.31. The van der Waals surface area contributed by atoms with Crippen LogP contribution in [0.15, 0.2) is 53.3 Å². The van der Waals surface area contributed by atoms with Crippen molar-refractivity contribution in [1.82, 2.24) is 14.5 Å². The molecule has 4 rings (SSSR count). The third kappa shape index (κ3) is 4.84. The molecule has 0 bridgehead atoms. The number of amides is 1. The summed E-state index contributed by atoms with van der Waals surface area (Å²) in [5, 5.41) is 1.01. The molecule has 1 aromatic heterocycles. The van der Waals surface area contributed by atoms with Crippen LogP contribution < -0.4 is 5.56 Å². The van der Waals surface area contributed by atoms with Gasteiger partial charge >= 0.3 is 0 Å². The van der Waals surface area contributed by atoms with E-state index in [1.54, 1.807) is 16.7 Å². The molecular weight excluding hydrogens is 434 g/mol. The van der Waals surface area contributed by atoms with Crippen LogP contribution in [0.3, 0.4) is 0 Å². The Labute approximate surface area is 200 Å². The molecule has 0 saturated heterocycles. The number of rotatable bonds is 8. The van der Waals surface area contributed by atoms with Crippen LogP contribution in [0.4, 0.5) is 0 Å². The van der Waals surface area contributed by atoms with E-state index in [0.717, 1.165) is 44.9 Å². The molecule has 1 saturated carbocycles. The summed E-state index contributed by atoms with van der Waals surface area (Å²) in [7, 11) is 0. The number of fused-ring (bicyclic) bond motifs is 1. The van der Waals surface area contributed by atoms with E-state index in [4.69, 9.17) is 16.6 Å². The van der Waals surface area contributed by atoms with E-state index in [1.165, 1.54) is 0 Å². The summed E-state index contributed by atoms with van der Waals surface area (Å²) in [5.74, 6) is 0.800. The maximum Gasteiger partial charge on any atom is 0.266 e. The number of hydrogen-bond acceptors (Lipinski definition) is 3. The summed E-state index contributed by atoms with van der Waals surface area (Å²) in [6, 6.07) is 14.3. The first-order chi connectivity index (χ1) is 16.0. The molecule has 1 fully saturated rings. The fraction of sp³-hybridized carbons (Fsp3) is 0.444. The summed E-state index contributed by atoms with van der Waals surface area (Å²) in [4.78, 5) is 34.2. The van der Waals surface area contributed by atoms with Crippen LogP contribution in [0.25, 0.3) is 16.6 Å². The number of aromatic nitrogens is 2. The Balaban J connectivity index is 1.86. The molecule has 3 aromatic rings. The lowest BCUT2D eigenvalue weighted by Crippen LogP contribution is -2.40. The molecule has 0 N–H and O–H groups in total. The zero-order valence-electron chi connectivity index (χ0n) is 19.5. The van der Waals surface area contributed by atoms with Crippen molar-refractivity contribution < 1.29 is 4.79 Å². The topological polar surface area (TPSA) is 55.2 Å². The average Bonchev–Trinajstić information content (AvgIpc) is 3.37. The largest absolute Gasteiger partial charge is 0.333 e. The van der Waals surface area contributed by atoms with Gasteiger partial charge in [0.15, 0.2) is 0 Å². The molecule has 174 valence electrons. The van der Waals surface area contributed by atoms with Gasteiger partial charge in [-0.15, -0.1) is 0 Å². The molecule has 1 unspecified atom stereocenters. The molecule has 5 nitrogen and oxygen atoms in total. The van der Waals surface area contributed by atoms with Gasteiger partial charge in [0.2, 0.25) is 5.91 Å². The highest BCUT2D eigenvalue weighted by Gasteiger charge is 2.32. The maximum absolute atomic E-state index is 13.7. The van der Waals surface area contributed by atoms with Crippen LogP contribution >= 0.6 is 11.6 Å². The maximum atomic E-state index is 13.7. The number of nitrogens with zero attached hydrogens (tertiary/aromatic N) is 3. The number of benzene rings is 2. The molecule has 0 aliphatic heterocycles. The Kier molecular flexibility index (Phi) is 7.49. The Hall–Kier alpha value is -2.66. The van der Waals surface area contributed by atoms with E-state index in [1.807, 2.05) is 48.2 Å². The van der Waals surface area contributed by atoms with Crippen LogP contribution in [0.1, 0.15) is 70.7 Å². The van der Waals surface area contributed by atoms with Crippen LogP contribution in [0.2, 0.25) is 5.02 Å². The number of carbonyl (C=O) groups is 1. The summed E-state index contributed by atoms with van der Waals surface area (Å²) in [5.41, 5.74) is 1.05. The van der Waals surface area contributed by atoms with Gasteiger partial charge < -0.3 is 4.90 Å². The van der Waals surface area contributed by atoms with Crippen molar-refractivity contribution in [1.29, 1.82) is 0 Å². The van der Waals surface area contributed by atoms with Gasteiger partial charge in [0, 0.05) is 12.5 Å². The quantitative estimate of drug-likeness (QED) is 0.366. The highest BCUT2D eigenvalue weighted by molar-refractivity contribution is 6.32. The molecule has 33 heavy (non-hydrogen) atoms. The molecule has 1 heterocycles. The first kappa shape index (κ1) is 23.5. The standard InChI is InChI=1S/C27H32ClN3O2/c1-3-4-11-18-30(26(32)20-12-5-6-13-20)19(2)25-29-23-16-9-7-14-21(23)27(33)31(25)24-17-10-8-15-22(24)28/h7-10,14-17,19-20H,3-6,11-13,18H2,1-2H3. The minimum atomic E-state index is -0.358. The number of halogens is 1. The van der Waals surface area contributed by atoms with E-state index in [0.29, 0.717) is 34.0 Å². The smallest absolute Gasteiger partial charge is 0.266 e. The summed E-state index contributed by atoms with van der Waals surface area (Å²) >= 11 is 6.54. The van der Waals surface area contributed by atoms with Crippen LogP contribution in [-0.4, -0.2) is 26.9 Å². The number of unbranched alkanes of at least 4 members (excludes halogenated alkanes) is 2. The Morgan fingerprint density at radius 2 is 1.82 bits per heavy atom. The van der Waals surface area contributed by atoms with Crippen molar-refractivity contribution >= 4 is 28.4 Å². The van der Waals surface area contributed by atoms with Gasteiger partial charge in [0.05, 0.1) is 27.7 Å². The number of carbonyl (C=O) groups excluding carboxylic acids is 1. The highest BCUT2D eigenvalue weighted by atomic mass is 35.5. The monoisotopic (exact) mass is 465 g/mol. The first-order valence-corrected chi connectivity index (χ1v) is 12.5. The van der Waals surface area contributed by atoms with Gasteiger partial charge in [-0.25, -0.2) is 4.98 Å². The molecule has 1 atom stereocenters. The van der Waals surface area contributed by atoms with Crippen molar-refractivity contribution in [2.75, 3.05) is 6.54 Å². The Morgan fingerprint density at radius 3 is 2.55 bits per heavy atom. The second-order valence-electron chi connectivity index (χ2n) is 8.98. The molecular formula is C27H32ClN3O2. The van der Waals surface area contributed by atoms with E-state index < -0.39 is 0 Å². The number of hydrogen-bond donors (Lipinski definition) is 0. The highest BCUT2D eigenvalue weighted by Crippen LogP contribution is 2.32. The predicted molar refractivity (Wildman–Crippen MR) is 134 cm³/mol. The molecule has 1 amide bonds. The first-order valence-electron chi connectivity index (χ1n) is 12.1. The van der Waals surface area contributed by atoms with Crippen LogP contribution in [-0.2, 0) is 4.79 Å². The lowest BCUT2D eigenvalue weighted by atomic mass is 10.0. The molecule has 6 heteroatoms. The zero-order chi connectivity index (χ0) is 23.4. The third-order valence-corrected chi connectivity index (χ3v) is 7.05. The summed E-state index contributed by atoms with van der Waals surface area (Å²) in [6.07, 6.45) is 7.17. The molecule has 1 aliphatic rings. The van der Waals surface area contributed by atoms with Gasteiger partial charge in [-0.2, -0.15) is 0 Å². The van der Waals surface area contributed by atoms with Crippen LogP contribution in [0.5, 0.6) is 0 Å². The minimum Gasteiger partial charge on any atom is -0.333 e. The average molecular weight is 466 g/mol. The van der Waals surface area contributed by atoms with Crippen molar-refractivity contribution in [2.24, 2.45) is 5.92 Å². The summed E-state index contributed by atoms with van der Waals surface area (Å²) in [6.45, 7) is 4.81. The third-order valence-electron chi connectivity index (χ3n) is 6.73. The van der Waals surface area contributed by atoms with Gasteiger partial charge in [0.1, 0.15) is 5.82 Å². The van der Waals surface area contributed by atoms with Gasteiger partial charge in [0.25, 0.3) is 5.56 Å². The van der Waals surface area contributed by atoms with Crippen molar-refractivity contribution in [3.8, 4) is 5.69 Å². The second kappa shape index (κ2) is 10.5. The lowest BCUT2D eigenvalue weighted by Gasteiger charge is -2.32. The molecule has 2 aromatic carbocycles. The van der Waals surface area contributed by atoms with E-state index in [9.17, 15) is 9.59 Å². The van der Waals surface area contributed by atoms with E-state index in [2.05, 4.69) is 6.92 Å².